The monoisotopic (exact) mass is 449 g/mol. The van der Waals surface area contributed by atoms with Crippen LogP contribution in [0.5, 0.6) is 0 Å². The maximum atomic E-state index is 10.4. The van der Waals surface area contributed by atoms with Gasteiger partial charge in [-0.2, -0.15) is 0 Å². The van der Waals surface area contributed by atoms with Gasteiger partial charge in [0, 0.05) is 19.3 Å². The number of hydrogen-bond acceptors (Lipinski definition) is 7. The molecule has 29 heavy (non-hydrogen) atoms. The second-order valence-corrected chi connectivity index (χ2v) is 7.68. The first-order chi connectivity index (χ1) is 13.7. The van der Waals surface area contributed by atoms with Crippen molar-refractivity contribution in [2.24, 2.45) is 0 Å². The number of benzene rings is 1. The van der Waals surface area contributed by atoms with Gasteiger partial charge in [-0.05, 0) is 39.8 Å². The van der Waals surface area contributed by atoms with Crippen LogP contribution in [0.2, 0.25) is 10.0 Å². The van der Waals surface area contributed by atoms with Gasteiger partial charge in [-0.3, -0.25) is 4.57 Å². The fourth-order valence-corrected chi connectivity index (χ4v) is 3.32. The predicted molar refractivity (Wildman–Crippen MR) is 114 cm³/mol. The lowest BCUT2D eigenvalue weighted by Crippen LogP contribution is -2.33. The molecular formula is C19H29Cl2N3O5. The molecule has 0 aliphatic carbocycles. The van der Waals surface area contributed by atoms with E-state index in [0.29, 0.717) is 27.0 Å². The van der Waals surface area contributed by atoms with Crippen LogP contribution in [-0.2, 0) is 9.47 Å². The highest BCUT2D eigenvalue weighted by atomic mass is 35.5. The van der Waals surface area contributed by atoms with Crippen LogP contribution < -0.4 is 5.32 Å². The predicted octanol–water partition coefficient (Wildman–Crippen LogP) is 2.82. The lowest BCUT2D eigenvalue weighted by Gasteiger charge is -2.21. The maximum absolute atomic E-state index is 10.4. The minimum absolute atomic E-state index is 0.0728. The highest BCUT2D eigenvalue weighted by Gasteiger charge is 2.44. The fraction of sp³-hybridized carbons (Fsp3) is 0.632. The van der Waals surface area contributed by atoms with Gasteiger partial charge < -0.3 is 30.1 Å². The standard InChI is InChI=1S/C15H19Cl2N3O4.C4H10O/c1-6(2)18-15-19-9-3-7(16)8(17)4-10(9)20(15)14-13(23)12(22)11(5-21)24-14;1-3-5-4-2/h3-4,6,11-14,21-23H,5H2,1-2H3,(H,18,19);3-4H2,1-2H3/t11-,12-,13-,14-;/m0./s1. The lowest BCUT2D eigenvalue weighted by atomic mass is 10.1. The SMILES string of the molecule is CC(C)Nc1nc2cc(Cl)c(Cl)cc2n1[C@H]1O[C@@H](CO)[C@H](O)[C@@H]1O.CCOCC. The number of halogens is 2. The summed E-state index contributed by atoms with van der Waals surface area (Å²) in [5.74, 6) is 0.452. The van der Waals surface area contributed by atoms with Gasteiger partial charge in [0.15, 0.2) is 6.23 Å². The molecule has 0 radical (unpaired) electrons. The van der Waals surface area contributed by atoms with Gasteiger partial charge in [0.1, 0.15) is 18.3 Å². The summed E-state index contributed by atoms with van der Waals surface area (Å²) in [6.45, 7) is 9.16. The van der Waals surface area contributed by atoms with Gasteiger partial charge in [-0.15, -0.1) is 0 Å². The summed E-state index contributed by atoms with van der Waals surface area (Å²) in [7, 11) is 0. The van der Waals surface area contributed by atoms with Crippen LogP contribution in [0.4, 0.5) is 5.95 Å². The Hall–Kier alpha value is -1.13. The Balaban J connectivity index is 0.000000537. The van der Waals surface area contributed by atoms with Gasteiger partial charge in [0.05, 0.1) is 27.7 Å². The molecule has 1 aliphatic heterocycles. The van der Waals surface area contributed by atoms with E-state index in [0.717, 1.165) is 13.2 Å². The highest BCUT2D eigenvalue weighted by molar-refractivity contribution is 6.42. The van der Waals surface area contributed by atoms with Crippen molar-refractivity contribution in [3.8, 4) is 0 Å². The molecular weight excluding hydrogens is 421 g/mol. The molecule has 3 rings (SSSR count). The zero-order valence-corrected chi connectivity index (χ0v) is 18.5. The third-order valence-electron chi connectivity index (χ3n) is 4.33. The smallest absolute Gasteiger partial charge is 0.206 e. The van der Waals surface area contributed by atoms with Crippen LogP contribution in [0, 0.1) is 0 Å². The van der Waals surface area contributed by atoms with Crippen molar-refractivity contribution in [1.82, 2.24) is 9.55 Å². The molecule has 1 saturated heterocycles. The first-order valence-corrected chi connectivity index (χ1v) is 10.3. The molecule has 1 aromatic heterocycles. The van der Waals surface area contributed by atoms with Crippen LogP contribution in [0.25, 0.3) is 11.0 Å². The van der Waals surface area contributed by atoms with E-state index in [-0.39, 0.29) is 6.04 Å². The van der Waals surface area contributed by atoms with Crippen molar-refractivity contribution in [1.29, 1.82) is 0 Å². The van der Waals surface area contributed by atoms with Gasteiger partial charge in [-0.1, -0.05) is 23.2 Å². The second-order valence-electron chi connectivity index (χ2n) is 6.87. The zero-order valence-electron chi connectivity index (χ0n) is 17.0. The molecule has 1 aliphatic rings. The third-order valence-corrected chi connectivity index (χ3v) is 5.05. The molecule has 0 spiro atoms. The summed E-state index contributed by atoms with van der Waals surface area (Å²) in [5, 5.41) is 33.6. The first kappa shape index (κ1) is 24.1. The van der Waals surface area contributed by atoms with Crippen molar-refractivity contribution in [2.75, 3.05) is 25.1 Å². The van der Waals surface area contributed by atoms with Gasteiger partial charge >= 0.3 is 0 Å². The van der Waals surface area contributed by atoms with E-state index in [1.807, 2.05) is 27.7 Å². The number of aromatic nitrogens is 2. The van der Waals surface area contributed by atoms with E-state index in [1.54, 1.807) is 16.7 Å². The Morgan fingerprint density at radius 1 is 1.17 bits per heavy atom. The van der Waals surface area contributed by atoms with Crippen molar-refractivity contribution >= 4 is 40.2 Å². The maximum Gasteiger partial charge on any atom is 0.206 e. The lowest BCUT2D eigenvalue weighted by molar-refractivity contribution is -0.0499. The summed E-state index contributed by atoms with van der Waals surface area (Å²) < 4.78 is 12.1. The van der Waals surface area contributed by atoms with Gasteiger partial charge in [-0.25, -0.2) is 4.98 Å². The zero-order chi connectivity index (χ0) is 21.7. The third kappa shape index (κ3) is 5.52. The molecule has 2 heterocycles. The number of aliphatic hydroxyl groups is 3. The topological polar surface area (TPSA) is 109 Å². The number of nitrogens with one attached hydrogen (secondary N) is 1. The van der Waals surface area contributed by atoms with Gasteiger partial charge in [0.25, 0.3) is 0 Å². The molecule has 0 amide bonds. The minimum Gasteiger partial charge on any atom is -0.394 e. The Bertz CT molecular complexity index is 800. The number of ether oxygens (including phenoxy) is 2. The number of anilines is 1. The summed E-state index contributed by atoms with van der Waals surface area (Å²) in [5.41, 5.74) is 1.17. The van der Waals surface area contributed by atoms with E-state index >= 15 is 0 Å². The number of nitrogens with zero attached hydrogens (tertiary/aromatic N) is 2. The largest absolute Gasteiger partial charge is 0.394 e. The molecule has 2 aromatic rings. The highest BCUT2D eigenvalue weighted by Crippen LogP contribution is 2.37. The molecule has 1 aromatic carbocycles. The van der Waals surface area contributed by atoms with E-state index in [1.165, 1.54) is 0 Å². The summed E-state index contributed by atoms with van der Waals surface area (Å²) in [6, 6.07) is 3.33. The first-order valence-electron chi connectivity index (χ1n) is 9.58. The Kier molecular flexibility index (Phi) is 8.96. The minimum atomic E-state index is -1.22. The van der Waals surface area contributed by atoms with E-state index < -0.39 is 31.1 Å². The number of imidazole rings is 1. The fourth-order valence-electron chi connectivity index (χ4n) is 3.01. The van der Waals surface area contributed by atoms with E-state index in [2.05, 4.69) is 10.3 Å². The van der Waals surface area contributed by atoms with Crippen LogP contribution in [-0.4, -0.2) is 69.0 Å². The van der Waals surface area contributed by atoms with Crippen molar-refractivity contribution in [3.63, 3.8) is 0 Å². The quantitative estimate of drug-likeness (QED) is 0.536. The summed E-state index contributed by atoms with van der Waals surface area (Å²) in [4.78, 5) is 4.48. The molecule has 4 N–H and O–H groups in total. The molecule has 0 unspecified atom stereocenters. The summed E-state index contributed by atoms with van der Waals surface area (Å²) in [6.07, 6.45) is -4.22. The Morgan fingerprint density at radius 2 is 1.79 bits per heavy atom. The van der Waals surface area contributed by atoms with Crippen LogP contribution >= 0.6 is 23.2 Å². The molecule has 0 bridgehead atoms. The van der Waals surface area contributed by atoms with Crippen molar-refractivity contribution in [2.45, 2.75) is 58.3 Å². The molecule has 1 fully saturated rings. The summed E-state index contributed by atoms with van der Waals surface area (Å²) >= 11 is 12.2. The number of rotatable bonds is 6. The van der Waals surface area contributed by atoms with Crippen LogP contribution in [0.15, 0.2) is 12.1 Å². The Labute approximate surface area is 180 Å². The second kappa shape index (κ2) is 10.8. The van der Waals surface area contributed by atoms with Gasteiger partial charge in [0.2, 0.25) is 5.95 Å². The number of aliphatic hydroxyl groups excluding tert-OH is 3. The number of fused-ring (bicyclic) bond motifs is 1. The normalized spacial score (nSPS) is 24.1. The average Bonchev–Trinajstić information content (AvgIpc) is 3.13. The van der Waals surface area contributed by atoms with Crippen LogP contribution in [0.1, 0.15) is 33.9 Å². The molecule has 10 heteroatoms. The molecule has 0 saturated carbocycles. The number of hydrogen-bond donors (Lipinski definition) is 4. The Morgan fingerprint density at radius 3 is 2.28 bits per heavy atom. The van der Waals surface area contributed by atoms with Crippen molar-refractivity contribution in [3.05, 3.63) is 22.2 Å². The average molecular weight is 450 g/mol. The molecule has 8 nitrogen and oxygen atoms in total. The van der Waals surface area contributed by atoms with Crippen molar-refractivity contribution < 1.29 is 24.8 Å². The van der Waals surface area contributed by atoms with Crippen LogP contribution in [0.3, 0.4) is 0 Å². The molecule has 4 atom stereocenters. The van der Waals surface area contributed by atoms with E-state index in [9.17, 15) is 15.3 Å². The molecule has 164 valence electrons. The van der Waals surface area contributed by atoms with E-state index in [4.69, 9.17) is 32.7 Å².